The van der Waals surface area contributed by atoms with Crippen molar-refractivity contribution in [2.75, 3.05) is 0 Å². The molecule has 0 atom stereocenters. The number of rotatable bonds is 4. The van der Waals surface area contributed by atoms with Gasteiger partial charge in [-0.3, -0.25) is 0 Å². The van der Waals surface area contributed by atoms with Crippen LogP contribution in [0.3, 0.4) is 0 Å². The van der Waals surface area contributed by atoms with Crippen molar-refractivity contribution in [2.45, 2.75) is 37.3 Å². The molecular weight excluding hydrogens is 308 g/mol. The fourth-order valence-corrected chi connectivity index (χ4v) is 4.46. The van der Waals surface area contributed by atoms with E-state index in [9.17, 15) is 8.42 Å². The fraction of sp³-hybridized carbons (Fsp3) is 0.778. The summed E-state index contributed by atoms with van der Waals surface area (Å²) in [6, 6.07) is 0. The highest BCUT2D eigenvalue weighted by Crippen LogP contribution is 2.40. The minimum absolute atomic E-state index is 0.0613. The molecule has 1 saturated carbocycles. The molecule has 1 aromatic rings. The Hall–Kier alpha value is -0.470. The molecule has 0 aromatic carbocycles. The molecule has 0 unspecified atom stereocenters. The number of hydrogen-bond acceptors (Lipinski definition) is 4. The minimum Gasteiger partial charge on any atom is -0.235 e. The van der Waals surface area contributed by atoms with Crippen molar-refractivity contribution in [1.82, 2.24) is 19.7 Å². The van der Waals surface area contributed by atoms with Gasteiger partial charge in [-0.25, -0.2) is 17.8 Å². The van der Waals surface area contributed by atoms with E-state index in [0.717, 1.165) is 12.8 Å². The van der Waals surface area contributed by atoms with Crippen molar-refractivity contribution < 1.29 is 8.42 Å². The zero-order valence-electron chi connectivity index (χ0n) is 9.94. The van der Waals surface area contributed by atoms with Crippen LogP contribution in [0.5, 0.6) is 0 Å². The molecule has 0 bridgehead atoms. The van der Waals surface area contributed by atoms with Gasteiger partial charge in [-0.1, -0.05) is 5.21 Å². The van der Waals surface area contributed by atoms with E-state index in [4.69, 9.17) is 0 Å². The molecule has 0 spiro atoms. The Morgan fingerprint density at radius 2 is 2.06 bits per heavy atom. The third kappa shape index (κ3) is 2.53. The lowest BCUT2D eigenvalue weighted by Crippen LogP contribution is -2.45. The maximum absolute atomic E-state index is 12.2. The van der Waals surface area contributed by atoms with E-state index in [2.05, 4.69) is 31.0 Å². The van der Waals surface area contributed by atoms with Crippen molar-refractivity contribution in [3.05, 3.63) is 4.60 Å². The molecule has 8 heteroatoms. The summed E-state index contributed by atoms with van der Waals surface area (Å²) in [5.74, 6) is 0.414. The van der Waals surface area contributed by atoms with Gasteiger partial charge >= 0.3 is 0 Å². The van der Waals surface area contributed by atoms with Crippen molar-refractivity contribution in [3.8, 4) is 0 Å². The van der Waals surface area contributed by atoms with Crippen LogP contribution in [0.1, 0.15) is 26.7 Å². The van der Waals surface area contributed by atoms with Crippen LogP contribution in [-0.2, 0) is 17.1 Å². The van der Waals surface area contributed by atoms with E-state index in [-0.39, 0.29) is 9.63 Å². The van der Waals surface area contributed by atoms with Gasteiger partial charge in [0.25, 0.3) is 10.0 Å². The first-order valence-electron chi connectivity index (χ1n) is 5.33. The number of halogens is 1. The Kier molecular flexibility index (Phi) is 3.07. The van der Waals surface area contributed by atoms with Gasteiger partial charge in [0.15, 0.2) is 4.60 Å². The molecule has 0 aliphatic heterocycles. The summed E-state index contributed by atoms with van der Waals surface area (Å²) in [4.78, 5) is 0. The predicted molar refractivity (Wildman–Crippen MR) is 65.8 cm³/mol. The Labute approximate surface area is 109 Å². The number of aromatic nitrogens is 3. The summed E-state index contributed by atoms with van der Waals surface area (Å²) in [6.45, 7) is 3.81. The van der Waals surface area contributed by atoms with Crippen LogP contribution < -0.4 is 4.72 Å². The van der Waals surface area contributed by atoms with E-state index in [1.165, 1.54) is 4.68 Å². The van der Waals surface area contributed by atoms with Crippen molar-refractivity contribution >= 4 is 26.0 Å². The lowest BCUT2D eigenvalue weighted by atomic mass is 10.0. The quantitative estimate of drug-likeness (QED) is 0.898. The zero-order chi connectivity index (χ0) is 12.8. The molecular formula is C9H15BrN4O2S. The third-order valence-electron chi connectivity index (χ3n) is 2.99. The smallest absolute Gasteiger partial charge is 0.235 e. The molecule has 96 valence electrons. The van der Waals surface area contributed by atoms with Crippen LogP contribution in [-0.4, -0.2) is 29.0 Å². The highest BCUT2D eigenvalue weighted by Gasteiger charge is 2.41. The number of aryl methyl sites for hydroxylation is 1. The standard InChI is InChI=1S/C9H15BrN4O2S/c1-9(2,6-4-5-6)12-17(15,16)8-7(10)11-13-14(8)3/h6,12H,4-5H2,1-3H3. The Balaban J connectivity index is 2.31. The van der Waals surface area contributed by atoms with Gasteiger partial charge in [-0.05, 0) is 48.5 Å². The maximum Gasteiger partial charge on any atom is 0.261 e. The molecule has 2 rings (SSSR count). The molecule has 1 N–H and O–H groups in total. The first kappa shape index (κ1) is 13.0. The van der Waals surface area contributed by atoms with Crippen LogP contribution in [0.25, 0.3) is 0 Å². The highest BCUT2D eigenvalue weighted by molar-refractivity contribution is 9.10. The van der Waals surface area contributed by atoms with Crippen molar-refractivity contribution in [1.29, 1.82) is 0 Å². The van der Waals surface area contributed by atoms with Crippen LogP contribution >= 0.6 is 15.9 Å². The van der Waals surface area contributed by atoms with Crippen molar-refractivity contribution in [2.24, 2.45) is 13.0 Å². The van der Waals surface area contributed by atoms with Crippen LogP contribution in [0.2, 0.25) is 0 Å². The van der Waals surface area contributed by atoms with Crippen molar-refractivity contribution in [3.63, 3.8) is 0 Å². The van der Waals surface area contributed by atoms with E-state index >= 15 is 0 Å². The number of nitrogens with one attached hydrogen (secondary N) is 1. The number of hydrogen-bond donors (Lipinski definition) is 1. The highest BCUT2D eigenvalue weighted by atomic mass is 79.9. The SMILES string of the molecule is Cn1nnc(Br)c1S(=O)(=O)NC(C)(C)C1CC1. The summed E-state index contributed by atoms with van der Waals surface area (Å²) in [6.07, 6.45) is 2.14. The van der Waals surface area contributed by atoms with Crippen LogP contribution in [0.4, 0.5) is 0 Å². The fourth-order valence-electron chi connectivity index (χ4n) is 1.89. The Morgan fingerprint density at radius 1 is 1.47 bits per heavy atom. The van der Waals surface area contributed by atoms with Gasteiger partial charge in [0.2, 0.25) is 5.03 Å². The monoisotopic (exact) mass is 322 g/mol. The molecule has 1 aliphatic rings. The molecule has 1 heterocycles. The summed E-state index contributed by atoms with van der Waals surface area (Å²) in [7, 11) is -2.05. The molecule has 1 aromatic heterocycles. The zero-order valence-corrected chi connectivity index (χ0v) is 12.3. The van der Waals surface area contributed by atoms with E-state index in [1.807, 2.05) is 13.8 Å². The largest absolute Gasteiger partial charge is 0.261 e. The van der Waals surface area contributed by atoms with Gasteiger partial charge in [0, 0.05) is 12.6 Å². The molecule has 6 nitrogen and oxygen atoms in total. The average molecular weight is 323 g/mol. The van der Waals surface area contributed by atoms with Gasteiger partial charge in [0.1, 0.15) is 0 Å². The van der Waals surface area contributed by atoms with Gasteiger partial charge < -0.3 is 0 Å². The molecule has 0 amide bonds. The normalized spacial score (nSPS) is 17.4. The summed E-state index contributed by atoms with van der Waals surface area (Å²) >= 11 is 3.10. The average Bonchev–Trinajstić information content (AvgIpc) is 2.92. The summed E-state index contributed by atoms with van der Waals surface area (Å²) < 4.78 is 28.7. The number of nitrogens with zero attached hydrogens (tertiary/aromatic N) is 3. The van der Waals surface area contributed by atoms with Gasteiger partial charge in [-0.2, -0.15) is 0 Å². The second kappa shape index (κ2) is 4.03. The lowest BCUT2D eigenvalue weighted by molar-refractivity contribution is 0.398. The van der Waals surface area contributed by atoms with Gasteiger partial charge in [0.05, 0.1) is 0 Å². The second-order valence-electron chi connectivity index (χ2n) is 4.91. The first-order valence-corrected chi connectivity index (χ1v) is 7.61. The Morgan fingerprint density at radius 3 is 2.47 bits per heavy atom. The first-order chi connectivity index (χ1) is 7.74. The van der Waals surface area contributed by atoms with Gasteiger partial charge in [-0.15, -0.1) is 5.10 Å². The predicted octanol–water partition coefficient (Wildman–Crippen LogP) is 1.04. The summed E-state index contributed by atoms with van der Waals surface area (Å²) in [5, 5.41) is 7.42. The van der Waals surface area contributed by atoms with Crippen LogP contribution in [0, 0.1) is 5.92 Å². The molecule has 0 radical (unpaired) electrons. The van der Waals surface area contributed by atoms with E-state index in [1.54, 1.807) is 7.05 Å². The topological polar surface area (TPSA) is 76.9 Å². The molecule has 17 heavy (non-hydrogen) atoms. The van der Waals surface area contributed by atoms with E-state index < -0.39 is 15.6 Å². The minimum atomic E-state index is -3.60. The Bertz CT molecular complexity index is 514. The maximum atomic E-state index is 12.2. The summed E-state index contributed by atoms with van der Waals surface area (Å²) in [5.41, 5.74) is -0.428. The molecule has 1 aliphatic carbocycles. The third-order valence-corrected chi connectivity index (χ3v) is 5.55. The van der Waals surface area contributed by atoms with E-state index in [0.29, 0.717) is 5.92 Å². The lowest BCUT2D eigenvalue weighted by Gasteiger charge is -2.25. The second-order valence-corrected chi connectivity index (χ2v) is 7.26. The number of sulfonamides is 1. The molecule has 0 saturated heterocycles. The van der Waals surface area contributed by atoms with Crippen LogP contribution in [0.15, 0.2) is 9.63 Å². The molecule has 1 fully saturated rings.